The van der Waals surface area contributed by atoms with Crippen LogP contribution in [-0.2, 0) is 14.3 Å². The average Bonchev–Trinajstić information content (AvgIpc) is 2.56. The maximum Gasteiger partial charge on any atom is 0.323 e. The summed E-state index contributed by atoms with van der Waals surface area (Å²) >= 11 is 0. The summed E-state index contributed by atoms with van der Waals surface area (Å²) < 4.78 is 10.4. The van der Waals surface area contributed by atoms with Crippen LogP contribution in [0.4, 0.5) is 0 Å². The van der Waals surface area contributed by atoms with Gasteiger partial charge >= 0.3 is 5.97 Å². The molecule has 0 atom stereocenters. The molecule has 2 aromatic carbocycles. The van der Waals surface area contributed by atoms with E-state index in [1.807, 2.05) is 36.4 Å². The van der Waals surface area contributed by atoms with Crippen molar-refractivity contribution in [2.45, 2.75) is 0 Å². The molecule has 2 aromatic rings. The molecule has 0 aliphatic rings. The number of hydrogen-bond donors (Lipinski definition) is 1. The number of fused-ring (bicyclic) bond motifs is 1. The van der Waals surface area contributed by atoms with E-state index in [1.165, 1.54) is 12.0 Å². The van der Waals surface area contributed by atoms with Crippen molar-refractivity contribution in [1.29, 1.82) is 0 Å². The van der Waals surface area contributed by atoms with E-state index < -0.39 is 11.9 Å². The van der Waals surface area contributed by atoms with Crippen LogP contribution < -0.4 is 4.74 Å². The normalized spacial score (nSPS) is 10.5. The van der Waals surface area contributed by atoms with Gasteiger partial charge in [0.05, 0.1) is 6.61 Å². The summed E-state index contributed by atoms with van der Waals surface area (Å²) in [6.45, 7) is -0.101. The Morgan fingerprint density at radius 3 is 2.57 bits per heavy atom. The number of methoxy groups -OCH3 is 1. The third-order valence-electron chi connectivity index (χ3n) is 3.33. The fourth-order valence-electron chi connectivity index (χ4n) is 2.15. The van der Waals surface area contributed by atoms with Gasteiger partial charge in [0.2, 0.25) is 0 Å². The second kappa shape index (κ2) is 8.14. The number of hydrogen-bond acceptors (Lipinski definition) is 4. The van der Waals surface area contributed by atoms with Crippen LogP contribution in [0, 0.1) is 0 Å². The monoisotopic (exact) mass is 317 g/mol. The molecule has 23 heavy (non-hydrogen) atoms. The molecule has 6 nitrogen and oxygen atoms in total. The van der Waals surface area contributed by atoms with Crippen molar-refractivity contribution in [3.05, 3.63) is 42.5 Å². The van der Waals surface area contributed by atoms with Gasteiger partial charge in [0, 0.05) is 13.7 Å². The van der Waals surface area contributed by atoms with Gasteiger partial charge < -0.3 is 19.5 Å². The first-order chi connectivity index (χ1) is 11.1. The number of aliphatic carboxylic acids is 1. The van der Waals surface area contributed by atoms with E-state index in [2.05, 4.69) is 0 Å². The second-order valence-electron chi connectivity index (χ2n) is 5.00. The van der Waals surface area contributed by atoms with Crippen molar-refractivity contribution in [3.8, 4) is 5.75 Å². The number of benzene rings is 2. The van der Waals surface area contributed by atoms with Crippen molar-refractivity contribution in [2.24, 2.45) is 0 Å². The number of amides is 1. The predicted molar refractivity (Wildman–Crippen MR) is 85.5 cm³/mol. The summed E-state index contributed by atoms with van der Waals surface area (Å²) in [5.74, 6) is -0.892. The van der Waals surface area contributed by atoms with Crippen LogP contribution >= 0.6 is 0 Å². The molecule has 2 rings (SSSR count). The molecule has 0 aliphatic heterocycles. The Hall–Kier alpha value is -2.60. The number of ether oxygens (including phenoxy) is 2. The Kier molecular flexibility index (Phi) is 5.94. The summed E-state index contributed by atoms with van der Waals surface area (Å²) in [4.78, 5) is 24.1. The topological polar surface area (TPSA) is 76.1 Å². The molecule has 1 amide bonds. The number of carbonyl (C=O) groups excluding carboxylic acids is 1. The van der Waals surface area contributed by atoms with Gasteiger partial charge in [-0.05, 0) is 22.9 Å². The molecule has 0 saturated carbocycles. The lowest BCUT2D eigenvalue weighted by atomic mass is 10.1. The first-order valence-corrected chi connectivity index (χ1v) is 7.20. The summed E-state index contributed by atoms with van der Waals surface area (Å²) in [5, 5.41) is 11.0. The van der Waals surface area contributed by atoms with Gasteiger partial charge in [-0.2, -0.15) is 0 Å². The average molecular weight is 317 g/mol. The Balaban J connectivity index is 1.98. The molecule has 0 fully saturated rings. The summed E-state index contributed by atoms with van der Waals surface area (Å²) in [6, 6.07) is 13.4. The molecule has 1 N–H and O–H groups in total. The molecule has 0 heterocycles. The first kappa shape index (κ1) is 16.8. The number of carboxylic acid groups (broad SMARTS) is 1. The van der Waals surface area contributed by atoms with Crippen LogP contribution in [0.3, 0.4) is 0 Å². The number of carbonyl (C=O) groups is 2. The summed E-state index contributed by atoms with van der Waals surface area (Å²) in [6.07, 6.45) is 0. The van der Waals surface area contributed by atoms with Crippen molar-refractivity contribution in [1.82, 2.24) is 4.90 Å². The van der Waals surface area contributed by atoms with E-state index in [1.54, 1.807) is 6.07 Å². The largest absolute Gasteiger partial charge is 0.484 e. The van der Waals surface area contributed by atoms with E-state index in [0.717, 1.165) is 10.8 Å². The van der Waals surface area contributed by atoms with E-state index in [4.69, 9.17) is 14.6 Å². The van der Waals surface area contributed by atoms with Gasteiger partial charge in [-0.25, -0.2) is 0 Å². The predicted octanol–water partition coefficient (Wildman–Crippen LogP) is 1.78. The zero-order chi connectivity index (χ0) is 16.7. The SMILES string of the molecule is COCCN(CC(=O)O)C(=O)COc1ccc2ccccc2c1. The molecule has 0 unspecified atom stereocenters. The van der Waals surface area contributed by atoms with Crippen molar-refractivity contribution >= 4 is 22.6 Å². The van der Waals surface area contributed by atoms with Gasteiger partial charge in [-0.3, -0.25) is 9.59 Å². The highest BCUT2D eigenvalue weighted by atomic mass is 16.5. The lowest BCUT2D eigenvalue weighted by Crippen LogP contribution is -2.40. The highest BCUT2D eigenvalue weighted by molar-refractivity contribution is 5.84. The fourth-order valence-corrected chi connectivity index (χ4v) is 2.15. The minimum atomic E-state index is -1.07. The van der Waals surface area contributed by atoms with Crippen LogP contribution in [-0.4, -0.2) is 55.3 Å². The standard InChI is InChI=1S/C17H19NO5/c1-22-9-8-18(11-17(20)21)16(19)12-23-15-7-6-13-4-2-3-5-14(13)10-15/h2-7,10H,8-9,11-12H2,1H3,(H,20,21). The van der Waals surface area contributed by atoms with Gasteiger partial charge in [0.25, 0.3) is 5.91 Å². The van der Waals surface area contributed by atoms with Crippen LogP contribution in [0.5, 0.6) is 5.75 Å². The number of nitrogens with zero attached hydrogens (tertiary/aromatic N) is 1. The van der Waals surface area contributed by atoms with Crippen molar-refractivity contribution in [3.63, 3.8) is 0 Å². The quantitative estimate of drug-likeness (QED) is 0.803. The van der Waals surface area contributed by atoms with Gasteiger partial charge in [-0.1, -0.05) is 30.3 Å². The highest BCUT2D eigenvalue weighted by Crippen LogP contribution is 2.20. The summed E-state index contributed by atoms with van der Waals surface area (Å²) in [7, 11) is 1.50. The maximum atomic E-state index is 12.1. The number of rotatable bonds is 8. The molecular formula is C17H19NO5. The fraction of sp³-hybridized carbons (Fsp3) is 0.294. The zero-order valence-corrected chi connectivity index (χ0v) is 12.9. The highest BCUT2D eigenvalue weighted by Gasteiger charge is 2.17. The third-order valence-corrected chi connectivity index (χ3v) is 3.33. The Morgan fingerprint density at radius 2 is 1.87 bits per heavy atom. The third kappa shape index (κ3) is 4.96. The lowest BCUT2D eigenvalue weighted by molar-refractivity contribution is -0.145. The molecule has 0 bridgehead atoms. The molecule has 122 valence electrons. The van der Waals surface area contributed by atoms with Crippen LogP contribution in [0.1, 0.15) is 0 Å². The molecule has 0 spiro atoms. The Labute approximate surface area is 134 Å². The van der Waals surface area contributed by atoms with E-state index in [-0.39, 0.29) is 26.3 Å². The second-order valence-corrected chi connectivity index (χ2v) is 5.00. The molecule has 0 saturated heterocycles. The van der Waals surface area contributed by atoms with Crippen molar-refractivity contribution < 1.29 is 24.2 Å². The van der Waals surface area contributed by atoms with E-state index in [9.17, 15) is 9.59 Å². The van der Waals surface area contributed by atoms with E-state index in [0.29, 0.717) is 5.75 Å². The molecule has 0 aliphatic carbocycles. The number of carboxylic acids is 1. The molecular weight excluding hydrogens is 298 g/mol. The van der Waals surface area contributed by atoms with Crippen LogP contribution in [0.25, 0.3) is 10.8 Å². The smallest absolute Gasteiger partial charge is 0.323 e. The van der Waals surface area contributed by atoms with Crippen LogP contribution in [0.15, 0.2) is 42.5 Å². The van der Waals surface area contributed by atoms with Gasteiger partial charge in [0.1, 0.15) is 12.3 Å². The first-order valence-electron chi connectivity index (χ1n) is 7.20. The molecule has 0 radical (unpaired) electrons. The van der Waals surface area contributed by atoms with Crippen LogP contribution in [0.2, 0.25) is 0 Å². The minimum Gasteiger partial charge on any atom is -0.484 e. The maximum absolute atomic E-state index is 12.1. The Morgan fingerprint density at radius 1 is 1.13 bits per heavy atom. The zero-order valence-electron chi connectivity index (χ0n) is 12.9. The van der Waals surface area contributed by atoms with Gasteiger partial charge in [0.15, 0.2) is 6.61 Å². The minimum absolute atomic E-state index is 0.211. The molecule has 0 aromatic heterocycles. The van der Waals surface area contributed by atoms with Gasteiger partial charge in [-0.15, -0.1) is 0 Å². The molecule has 6 heteroatoms. The van der Waals surface area contributed by atoms with Crippen molar-refractivity contribution in [2.75, 3.05) is 33.4 Å². The lowest BCUT2D eigenvalue weighted by Gasteiger charge is -2.20. The summed E-state index contributed by atoms with van der Waals surface area (Å²) in [5.41, 5.74) is 0. The van der Waals surface area contributed by atoms with E-state index >= 15 is 0 Å². The Bertz CT molecular complexity index is 685.